The Labute approximate surface area is 101 Å². The molecule has 0 saturated heterocycles. The largest absolute Gasteiger partial charge is 0.386 e. The smallest absolute Gasteiger partial charge is 0.0865 e. The molecular formula is C15H16N2. The predicted molar refractivity (Wildman–Crippen MR) is 71.7 cm³/mol. The van der Waals surface area contributed by atoms with Gasteiger partial charge in [-0.15, -0.1) is 0 Å². The molecule has 0 fully saturated rings. The number of nitrogens with zero attached hydrogens (tertiary/aromatic N) is 1. The van der Waals surface area contributed by atoms with E-state index in [1.165, 1.54) is 0 Å². The number of rotatable bonds is 2. The zero-order valence-electron chi connectivity index (χ0n) is 10.1. The first-order valence-electron chi connectivity index (χ1n) is 5.72. The number of nitrogens with one attached hydrogen (secondary N) is 1. The Kier molecular flexibility index (Phi) is 3.55. The summed E-state index contributed by atoms with van der Waals surface area (Å²) in [6, 6.07) is 8.13. The van der Waals surface area contributed by atoms with Gasteiger partial charge in [-0.25, -0.2) is 4.99 Å². The third kappa shape index (κ3) is 2.53. The van der Waals surface area contributed by atoms with E-state index < -0.39 is 0 Å². The van der Waals surface area contributed by atoms with Gasteiger partial charge in [-0.3, -0.25) is 0 Å². The maximum atomic E-state index is 4.69. The van der Waals surface area contributed by atoms with Gasteiger partial charge in [0.2, 0.25) is 0 Å². The van der Waals surface area contributed by atoms with Crippen LogP contribution in [0.15, 0.2) is 65.0 Å². The van der Waals surface area contributed by atoms with Gasteiger partial charge in [-0.1, -0.05) is 36.4 Å². The van der Waals surface area contributed by atoms with E-state index in [2.05, 4.69) is 22.5 Å². The minimum absolute atomic E-state index is 0.951. The maximum absolute atomic E-state index is 4.69. The summed E-state index contributed by atoms with van der Waals surface area (Å²) in [5.41, 5.74) is 1.97. The molecule has 0 saturated carbocycles. The second kappa shape index (κ2) is 5.30. The number of allylic oxidation sites excluding steroid dienone is 4. The Morgan fingerprint density at radius 3 is 2.82 bits per heavy atom. The van der Waals surface area contributed by atoms with Gasteiger partial charge in [0.25, 0.3) is 0 Å². The third-order valence-corrected chi connectivity index (χ3v) is 2.59. The molecule has 17 heavy (non-hydrogen) atoms. The molecule has 0 spiro atoms. The summed E-state index contributed by atoms with van der Waals surface area (Å²) < 4.78 is 0. The molecule has 2 rings (SSSR count). The summed E-state index contributed by atoms with van der Waals surface area (Å²) >= 11 is 0. The lowest BCUT2D eigenvalue weighted by Gasteiger charge is -2.05. The summed E-state index contributed by atoms with van der Waals surface area (Å²) in [5.74, 6) is 0. The van der Waals surface area contributed by atoms with Crippen LogP contribution in [-0.4, -0.2) is 7.05 Å². The normalized spacial score (nSPS) is 24.8. The van der Waals surface area contributed by atoms with Gasteiger partial charge in [0.15, 0.2) is 0 Å². The SMILES string of the molecule is C/C=C/C1=C(NC)/C=C/C=c2\cccc\c2=N\1. The van der Waals surface area contributed by atoms with Gasteiger partial charge >= 0.3 is 0 Å². The van der Waals surface area contributed by atoms with Crippen LogP contribution in [0.3, 0.4) is 0 Å². The van der Waals surface area contributed by atoms with E-state index in [0.717, 1.165) is 22.0 Å². The van der Waals surface area contributed by atoms with Crippen LogP contribution in [0.2, 0.25) is 0 Å². The quantitative estimate of drug-likeness (QED) is 0.812. The molecule has 0 amide bonds. The molecule has 2 heteroatoms. The first kappa shape index (κ1) is 11.4. The molecular weight excluding hydrogens is 208 g/mol. The van der Waals surface area contributed by atoms with Crippen molar-refractivity contribution in [3.05, 3.63) is 70.5 Å². The Morgan fingerprint density at radius 1 is 1.24 bits per heavy atom. The highest BCUT2D eigenvalue weighted by atomic mass is 14.9. The number of para-hydroxylation sites is 1. The van der Waals surface area contributed by atoms with Crippen LogP contribution >= 0.6 is 0 Å². The van der Waals surface area contributed by atoms with Crippen molar-refractivity contribution in [1.29, 1.82) is 0 Å². The van der Waals surface area contributed by atoms with E-state index >= 15 is 0 Å². The van der Waals surface area contributed by atoms with E-state index in [-0.39, 0.29) is 0 Å². The summed E-state index contributed by atoms with van der Waals surface area (Å²) in [6.45, 7) is 2.00. The Bertz CT molecular complexity index is 604. The lowest BCUT2D eigenvalue weighted by atomic mass is 10.2. The standard InChI is InChI=1S/C15H16N2/c1-3-7-15-14(16-2)11-6-9-12-8-4-5-10-13(12)17-15/h3-11,16H,1-2H3/b7-3+,9-6?,11-6+,12-9+,14-11?,15-14+,17-13-,17-15?. The first-order valence-corrected chi connectivity index (χ1v) is 5.72. The Hall–Kier alpha value is -2.09. The topological polar surface area (TPSA) is 24.4 Å². The second-order valence-corrected chi connectivity index (χ2v) is 3.75. The predicted octanol–water partition coefficient (Wildman–Crippen LogP) is 1.66. The van der Waals surface area contributed by atoms with Gasteiger partial charge in [-0.2, -0.15) is 0 Å². The van der Waals surface area contributed by atoms with E-state index in [0.29, 0.717) is 0 Å². The molecule has 0 unspecified atom stereocenters. The van der Waals surface area contributed by atoms with Crippen LogP contribution in [0.5, 0.6) is 0 Å². The molecule has 1 aliphatic heterocycles. The molecule has 86 valence electrons. The van der Waals surface area contributed by atoms with Crippen molar-refractivity contribution in [2.45, 2.75) is 6.92 Å². The fourth-order valence-corrected chi connectivity index (χ4v) is 1.75. The monoisotopic (exact) mass is 224 g/mol. The summed E-state index contributed by atoms with van der Waals surface area (Å²) in [5, 5.41) is 5.30. The van der Waals surface area contributed by atoms with Crippen LogP contribution < -0.4 is 15.9 Å². The summed E-state index contributed by atoms with van der Waals surface area (Å²) in [6.07, 6.45) is 10.2. The van der Waals surface area contributed by atoms with Gasteiger partial charge < -0.3 is 5.32 Å². The molecule has 0 bridgehead atoms. The van der Waals surface area contributed by atoms with Crippen molar-refractivity contribution in [1.82, 2.24) is 5.32 Å². The van der Waals surface area contributed by atoms with E-state index in [1.807, 2.05) is 56.5 Å². The average Bonchev–Trinajstić information content (AvgIpc) is 2.33. The highest BCUT2D eigenvalue weighted by Crippen LogP contribution is 2.07. The van der Waals surface area contributed by atoms with Crippen molar-refractivity contribution in [2.24, 2.45) is 4.99 Å². The van der Waals surface area contributed by atoms with Gasteiger partial charge in [-0.05, 0) is 25.1 Å². The van der Waals surface area contributed by atoms with Crippen LogP contribution in [0.25, 0.3) is 6.08 Å². The maximum Gasteiger partial charge on any atom is 0.0865 e. The van der Waals surface area contributed by atoms with E-state index in [4.69, 9.17) is 0 Å². The second-order valence-electron chi connectivity index (χ2n) is 3.75. The van der Waals surface area contributed by atoms with Gasteiger partial charge in [0.1, 0.15) is 0 Å². The average molecular weight is 224 g/mol. The molecule has 1 aliphatic rings. The first-order chi connectivity index (χ1) is 8.35. The lowest BCUT2D eigenvalue weighted by Crippen LogP contribution is -2.25. The van der Waals surface area contributed by atoms with Crippen molar-refractivity contribution >= 4 is 6.08 Å². The molecule has 0 aliphatic carbocycles. The third-order valence-electron chi connectivity index (χ3n) is 2.59. The molecule has 2 nitrogen and oxygen atoms in total. The molecule has 1 heterocycles. The number of benzene rings is 1. The van der Waals surface area contributed by atoms with Gasteiger partial charge in [0.05, 0.1) is 16.8 Å². The molecule has 1 aromatic rings. The van der Waals surface area contributed by atoms with Crippen molar-refractivity contribution < 1.29 is 0 Å². The van der Waals surface area contributed by atoms with Crippen molar-refractivity contribution in [3.8, 4) is 0 Å². The molecule has 1 N–H and O–H groups in total. The molecule has 0 atom stereocenters. The Morgan fingerprint density at radius 2 is 2.06 bits per heavy atom. The van der Waals surface area contributed by atoms with E-state index in [9.17, 15) is 0 Å². The summed E-state index contributed by atoms with van der Waals surface area (Å²) in [4.78, 5) is 4.69. The highest BCUT2D eigenvalue weighted by molar-refractivity contribution is 5.43. The van der Waals surface area contributed by atoms with Crippen LogP contribution in [0.4, 0.5) is 0 Å². The van der Waals surface area contributed by atoms with Gasteiger partial charge in [0, 0.05) is 12.3 Å². The highest BCUT2D eigenvalue weighted by Gasteiger charge is 1.99. The lowest BCUT2D eigenvalue weighted by molar-refractivity contribution is 0.994. The minimum atomic E-state index is 0.951. The number of hydrogen-bond donors (Lipinski definition) is 1. The molecule has 0 aromatic heterocycles. The number of hydrogen-bond acceptors (Lipinski definition) is 2. The summed E-state index contributed by atoms with van der Waals surface area (Å²) in [7, 11) is 1.91. The number of fused-ring (bicyclic) bond motifs is 1. The number of likely N-dealkylation sites (N-methyl/N-ethyl adjacent to an activating group) is 1. The molecule has 1 aromatic carbocycles. The molecule has 0 radical (unpaired) electrons. The fourth-order valence-electron chi connectivity index (χ4n) is 1.75. The minimum Gasteiger partial charge on any atom is -0.386 e. The Balaban J connectivity index is 2.72. The van der Waals surface area contributed by atoms with Crippen LogP contribution in [-0.2, 0) is 0 Å². The fraction of sp³-hybridized carbons (Fsp3) is 0.133. The van der Waals surface area contributed by atoms with Crippen molar-refractivity contribution in [2.75, 3.05) is 7.05 Å². The van der Waals surface area contributed by atoms with Crippen molar-refractivity contribution in [3.63, 3.8) is 0 Å². The van der Waals surface area contributed by atoms with Crippen LogP contribution in [0.1, 0.15) is 6.92 Å². The van der Waals surface area contributed by atoms with E-state index in [1.54, 1.807) is 0 Å². The zero-order chi connectivity index (χ0) is 12.1. The van der Waals surface area contributed by atoms with Crippen LogP contribution in [0, 0.1) is 0 Å². The zero-order valence-corrected chi connectivity index (χ0v) is 10.1.